The molecule has 0 saturated carbocycles. The Hall–Kier alpha value is -3.49. The first-order valence-electron chi connectivity index (χ1n) is 10.5. The Kier molecular flexibility index (Phi) is 6.94. The molecule has 1 aliphatic rings. The van der Waals surface area contributed by atoms with Gasteiger partial charge in [0, 0.05) is 13.0 Å². The number of nitrogens with one attached hydrogen (secondary N) is 1. The second kappa shape index (κ2) is 10.2. The highest BCUT2D eigenvalue weighted by Gasteiger charge is 2.29. The van der Waals surface area contributed by atoms with Gasteiger partial charge in [-0.15, -0.1) is 5.10 Å². The standard InChI is InChI=1S/C24H26N4O4/c1-2-17-6-8-18(9-7-17)15-31-21-5-3-4-19(10-21)13-28-14-20(26-27-28)16-32-22-11-23(24(29)30)25-12-22/h2-10,14,22-23,25H,1,11-13,15-16H2,(H,29,30)/t22-,23+/m1/s1. The summed E-state index contributed by atoms with van der Waals surface area (Å²) < 4.78 is 13.5. The maximum Gasteiger partial charge on any atom is 0.320 e. The topological polar surface area (TPSA) is 98.5 Å². The molecular weight excluding hydrogens is 408 g/mol. The van der Waals surface area contributed by atoms with E-state index < -0.39 is 12.0 Å². The molecule has 0 bridgehead atoms. The summed E-state index contributed by atoms with van der Waals surface area (Å²) >= 11 is 0. The van der Waals surface area contributed by atoms with E-state index in [1.165, 1.54) is 0 Å². The maximum absolute atomic E-state index is 11.0. The van der Waals surface area contributed by atoms with Crippen LogP contribution in [0.3, 0.4) is 0 Å². The van der Waals surface area contributed by atoms with Gasteiger partial charge in [0.1, 0.15) is 24.1 Å². The molecule has 2 heterocycles. The van der Waals surface area contributed by atoms with Crippen molar-refractivity contribution in [1.29, 1.82) is 0 Å². The number of aromatic nitrogens is 3. The first kappa shape index (κ1) is 21.7. The van der Waals surface area contributed by atoms with Crippen LogP contribution >= 0.6 is 0 Å². The lowest BCUT2D eigenvalue weighted by atomic mass is 10.1. The van der Waals surface area contributed by atoms with Gasteiger partial charge in [-0.3, -0.25) is 4.79 Å². The lowest BCUT2D eigenvalue weighted by Crippen LogP contribution is -2.29. The molecule has 8 nitrogen and oxygen atoms in total. The van der Waals surface area contributed by atoms with Crippen LogP contribution in [-0.4, -0.2) is 44.8 Å². The summed E-state index contributed by atoms with van der Waals surface area (Å²) in [6.45, 7) is 5.64. The minimum atomic E-state index is -0.848. The summed E-state index contributed by atoms with van der Waals surface area (Å²) in [5, 5.41) is 20.3. The smallest absolute Gasteiger partial charge is 0.320 e. The third-order valence-corrected chi connectivity index (χ3v) is 5.31. The van der Waals surface area contributed by atoms with Crippen LogP contribution in [0.1, 0.15) is 28.8 Å². The van der Waals surface area contributed by atoms with E-state index in [1.54, 1.807) is 4.68 Å². The Morgan fingerprint density at radius 1 is 1.22 bits per heavy atom. The van der Waals surface area contributed by atoms with E-state index in [9.17, 15) is 4.79 Å². The Morgan fingerprint density at radius 3 is 2.81 bits per heavy atom. The van der Waals surface area contributed by atoms with Crippen LogP contribution < -0.4 is 10.1 Å². The number of carboxylic acids is 1. The summed E-state index contributed by atoms with van der Waals surface area (Å²) in [5.74, 6) is -0.0560. The molecule has 2 N–H and O–H groups in total. The second-order valence-electron chi connectivity index (χ2n) is 7.76. The third-order valence-electron chi connectivity index (χ3n) is 5.31. The predicted molar refractivity (Wildman–Crippen MR) is 119 cm³/mol. The van der Waals surface area contributed by atoms with Crippen molar-refractivity contribution in [2.24, 2.45) is 0 Å². The first-order chi connectivity index (χ1) is 15.6. The molecular formula is C24H26N4O4. The molecule has 0 unspecified atom stereocenters. The highest BCUT2D eigenvalue weighted by molar-refractivity contribution is 5.73. The molecule has 1 aliphatic heterocycles. The molecule has 32 heavy (non-hydrogen) atoms. The van der Waals surface area contributed by atoms with Gasteiger partial charge in [0.15, 0.2) is 0 Å². The molecule has 0 amide bonds. The van der Waals surface area contributed by atoms with Crippen molar-refractivity contribution in [2.75, 3.05) is 6.54 Å². The number of carboxylic acid groups (broad SMARTS) is 1. The Labute approximate surface area is 186 Å². The van der Waals surface area contributed by atoms with Crippen LogP contribution in [0.5, 0.6) is 5.75 Å². The van der Waals surface area contributed by atoms with Gasteiger partial charge >= 0.3 is 5.97 Å². The van der Waals surface area contributed by atoms with Gasteiger partial charge in [0.25, 0.3) is 0 Å². The van der Waals surface area contributed by atoms with Gasteiger partial charge in [-0.25, -0.2) is 4.68 Å². The van der Waals surface area contributed by atoms with Crippen molar-refractivity contribution in [1.82, 2.24) is 20.3 Å². The lowest BCUT2D eigenvalue weighted by molar-refractivity contribution is -0.139. The highest BCUT2D eigenvalue weighted by Crippen LogP contribution is 2.17. The van der Waals surface area contributed by atoms with Gasteiger partial charge in [-0.1, -0.05) is 54.3 Å². The zero-order valence-corrected chi connectivity index (χ0v) is 17.7. The molecule has 2 atom stereocenters. The number of benzene rings is 2. The Bertz CT molecular complexity index is 1060. The van der Waals surface area contributed by atoms with Crippen molar-refractivity contribution in [3.8, 4) is 5.75 Å². The number of hydrogen-bond acceptors (Lipinski definition) is 6. The predicted octanol–water partition coefficient (Wildman–Crippen LogP) is 2.88. The quantitative estimate of drug-likeness (QED) is 0.506. The molecule has 166 valence electrons. The maximum atomic E-state index is 11.0. The van der Waals surface area contributed by atoms with Crippen LogP contribution in [0, 0.1) is 0 Å². The Morgan fingerprint density at radius 2 is 2.06 bits per heavy atom. The molecule has 8 heteroatoms. The van der Waals surface area contributed by atoms with E-state index in [0.717, 1.165) is 22.4 Å². The summed E-state index contributed by atoms with van der Waals surface area (Å²) in [7, 11) is 0. The van der Waals surface area contributed by atoms with Gasteiger partial charge < -0.3 is 19.9 Å². The van der Waals surface area contributed by atoms with Crippen molar-refractivity contribution in [3.05, 3.63) is 83.7 Å². The molecule has 3 aromatic rings. The fourth-order valence-corrected chi connectivity index (χ4v) is 3.54. The fourth-order valence-electron chi connectivity index (χ4n) is 3.54. The molecule has 0 aliphatic carbocycles. The molecule has 1 saturated heterocycles. The van der Waals surface area contributed by atoms with Gasteiger partial charge in [0.2, 0.25) is 0 Å². The van der Waals surface area contributed by atoms with E-state index in [1.807, 2.05) is 60.8 Å². The van der Waals surface area contributed by atoms with E-state index >= 15 is 0 Å². The zero-order valence-electron chi connectivity index (χ0n) is 17.7. The van der Waals surface area contributed by atoms with E-state index in [2.05, 4.69) is 22.2 Å². The van der Waals surface area contributed by atoms with Crippen LogP contribution in [0.15, 0.2) is 61.3 Å². The molecule has 0 radical (unpaired) electrons. The monoisotopic (exact) mass is 434 g/mol. The summed E-state index contributed by atoms with van der Waals surface area (Å²) in [4.78, 5) is 11.0. The SMILES string of the molecule is C=Cc1ccc(COc2cccc(Cn3cc(CO[C@H]4CN[C@H](C(=O)O)C4)nn3)c2)cc1. The molecule has 0 spiro atoms. The normalized spacial score (nSPS) is 17.9. The second-order valence-corrected chi connectivity index (χ2v) is 7.76. The van der Waals surface area contributed by atoms with Crippen molar-refractivity contribution < 1.29 is 19.4 Å². The van der Waals surface area contributed by atoms with Gasteiger partial charge in [-0.2, -0.15) is 0 Å². The largest absolute Gasteiger partial charge is 0.489 e. The molecule has 1 aromatic heterocycles. The van der Waals surface area contributed by atoms with Crippen molar-refractivity contribution in [3.63, 3.8) is 0 Å². The van der Waals surface area contributed by atoms with Crippen molar-refractivity contribution in [2.45, 2.75) is 38.3 Å². The number of rotatable bonds is 10. The molecule has 4 rings (SSSR count). The average molecular weight is 434 g/mol. The minimum absolute atomic E-state index is 0.136. The van der Waals surface area contributed by atoms with E-state index in [-0.39, 0.29) is 6.10 Å². The number of hydrogen-bond donors (Lipinski definition) is 2. The van der Waals surface area contributed by atoms with Gasteiger partial charge in [0.05, 0.1) is 25.5 Å². The lowest BCUT2D eigenvalue weighted by Gasteiger charge is -2.09. The average Bonchev–Trinajstić information content (AvgIpc) is 3.46. The zero-order chi connectivity index (χ0) is 22.3. The van der Waals surface area contributed by atoms with E-state index in [0.29, 0.717) is 38.4 Å². The van der Waals surface area contributed by atoms with Crippen LogP contribution in [-0.2, 0) is 29.3 Å². The van der Waals surface area contributed by atoms with Gasteiger partial charge in [-0.05, 0) is 28.8 Å². The number of nitrogens with zero attached hydrogens (tertiary/aromatic N) is 3. The van der Waals surface area contributed by atoms with Crippen LogP contribution in [0.25, 0.3) is 6.08 Å². The Balaban J connectivity index is 1.27. The molecule has 2 aromatic carbocycles. The highest BCUT2D eigenvalue weighted by atomic mass is 16.5. The summed E-state index contributed by atoms with van der Waals surface area (Å²) in [6.07, 6.45) is 3.97. The summed E-state index contributed by atoms with van der Waals surface area (Å²) in [5.41, 5.74) is 3.93. The first-order valence-corrected chi connectivity index (χ1v) is 10.5. The summed E-state index contributed by atoms with van der Waals surface area (Å²) in [6, 6.07) is 15.4. The fraction of sp³-hybridized carbons (Fsp3) is 0.292. The third kappa shape index (κ3) is 5.81. The van der Waals surface area contributed by atoms with Crippen molar-refractivity contribution >= 4 is 12.0 Å². The molecule has 1 fully saturated rings. The van der Waals surface area contributed by atoms with Crippen LogP contribution in [0.2, 0.25) is 0 Å². The van der Waals surface area contributed by atoms with E-state index in [4.69, 9.17) is 14.6 Å². The number of ether oxygens (including phenoxy) is 2. The van der Waals surface area contributed by atoms with Crippen LogP contribution in [0.4, 0.5) is 0 Å². The minimum Gasteiger partial charge on any atom is -0.489 e. The number of aliphatic carboxylic acids is 1. The number of carbonyl (C=O) groups is 1.